The number of rotatable bonds is 5. The molecule has 9 nitrogen and oxygen atoms in total. The molecular formula is C27H29N3O6. The van der Waals surface area contributed by atoms with Gasteiger partial charge in [0.1, 0.15) is 12.1 Å². The highest BCUT2D eigenvalue weighted by atomic mass is 16.5. The average Bonchev–Trinajstić information content (AvgIpc) is 3.25. The summed E-state index contributed by atoms with van der Waals surface area (Å²) in [6.07, 6.45) is 2.55. The van der Waals surface area contributed by atoms with Gasteiger partial charge in [0.15, 0.2) is 11.5 Å². The normalized spacial score (nSPS) is 17.1. The molecular weight excluding hydrogens is 462 g/mol. The Hall–Kier alpha value is -4.01. The predicted octanol–water partition coefficient (Wildman–Crippen LogP) is 3.32. The Labute approximate surface area is 208 Å². The van der Waals surface area contributed by atoms with Gasteiger partial charge in [-0.1, -0.05) is 12.1 Å². The predicted molar refractivity (Wildman–Crippen MR) is 134 cm³/mol. The van der Waals surface area contributed by atoms with Crippen LogP contribution in [0.2, 0.25) is 0 Å². The molecule has 2 aromatic carbocycles. The summed E-state index contributed by atoms with van der Waals surface area (Å²) in [5.74, 6) is -0.0842. The molecule has 0 aliphatic carbocycles. The third kappa shape index (κ3) is 3.94. The zero-order valence-electron chi connectivity index (χ0n) is 21.0. The van der Waals surface area contributed by atoms with Crippen molar-refractivity contribution in [3.63, 3.8) is 0 Å². The van der Waals surface area contributed by atoms with Crippen LogP contribution in [0.5, 0.6) is 17.4 Å². The fraction of sp³-hybridized carbons (Fsp3) is 0.370. The summed E-state index contributed by atoms with van der Waals surface area (Å²) in [5.41, 5.74) is 3.71. The Morgan fingerprint density at radius 1 is 1.19 bits per heavy atom. The Morgan fingerprint density at radius 3 is 2.64 bits per heavy atom. The number of carboxylic acids is 1. The molecule has 3 aromatic rings. The zero-order chi connectivity index (χ0) is 26.0. The molecule has 0 fully saturated rings. The summed E-state index contributed by atoms with van der Waals surface area (Å²) < 4.78 is 14.0. The van der Waals surface area contributed by atoms with Gasteiger partial charge < -0.3 is 19.7 Å². The Kier molecular flexibility index (Phi) is 5.28. The van der Waals surface area contributed by atoms with Crippen molar-refractivity contribution in [3.05, 3.63) is 69.3 Å². The Balaban J connectivity index is 1.69. The zero-order valence-corrected chi connectivity index (χ0v) is 21.0. The fourth-order valence-electron chi connectivity index (χ4n) is 5.20. The molecule has 2 N–H and O–H groups in total. The van der Waals surface area contributed by atoms with Gasteiger partial charge in [-0.05, 0) is 57.9 Å². The fourth-order valence-corrected chi connectivity index (χ4v) is 5.20. The molecule has 0 atom stereocenters. The van der Waals surface area contributed by atoms with Crippen molar-refractivity contribution in [2.24, 2.45) is 4.99 Å². The number of imidazole rings is 1. The number of carbonyl (C=O) groups is 1. The van der Waals surface area contributed by atoms with E-state index in [1.54, 1.807) is 25.3 Å². The number of nitrogens with zero attached hydrogens (tertiary/aromatic N) is 3. The van der Waals surface area contributed by atoms with Crippen molar-refractivity contribution in [1.29, 1.82) is 0 Å². The third-order valence-electron chi connectivity index (χ3n) is 6.52. The number of fused-ring (bicyclic) bond motifs is 3. The van der Waals surface area contributed by atoms with Crippen molar-refractivity contribution < 1.29 is 24.5 Å². The lowest BCUT2D eigenvalue weighted by Crippen LogP contribution is -2.31. The number of benzene rings is 2. The van der Waals surface area contributed by atoms with Crippen LogP contribution in [0, 0.1) is 0 Å². The maximum absolute atomic E-state index is 12.9. The SMILES string of the molecule is COc1cc2c(c3c1OC(C)(C)C3)C(c1cccc(-n3c(O)cn(CC(=O)O)c3=O)c1)=NC(C)(C)C2. The second-order valence-electron chi connectivity index (χ2n) is 10.6. The highest BCUT2D eigenvalue weighted by Crippen LogP contribution is 2.47. The summed E-state index contributed by atoms with van der Waals surface area (Å²) in [4.78, 5) is 29.1. The van der Waals surface area contributed by atoms with Gasteiger partial charge in [-0.2, -0.15) is 0 Å². The number of carboxylic acid groups (broad SMARTS) is 1. The molecule has 5 rings (SSSR count). The number of aromatic nitrogens is 2. The number of aromatic hydroxyl groups is 1. The standard InChI is InChI=1S/C27H29N3O6/c1-26(2)11-16-10-19(35-5)24-18(12-27(3,4)36-24)22(16)23(28-26)15-7-6-8-17(9-15)30-20(31)13-29(25(30)34)14-21(32)33/h6-10,13,31H,11-12,14H2,1-5H3,(H,32,33). The van der Waals surface area contributed by atoms with E-state index in [0.717, 1.165) is 55.5 Å². The first kappa shape index (κ1) is 23.7. The van der Waals surface area contributed by atoms with E-state index in [2.05, 4.69) is 13.8 Å². The Bertz CT molecular complexity index is 1490. The molecule has 9 heteroatoms. The second-order valence-corrected chi connectivity index (χ2v) is 10.6. The molecule has 0 spiro atoms. The summed E-state index contributed by atoms with van der Waals surface area (Å²) in [6.45, 7) is 7.68. The molecule has 0 bridgehead atoms. The molecule has 3 heterocycles. The van der Waals surface area contributed by atoms with Gasteiger partial charge in [0, 0.05) is 23.1 Å². The van der Waals surface area contributed by atoms with E-state index < -0.39 is 23.8 Å². The molecule has 0 saturated heterocycles. The smallest absolute Gasteiger partial charge is 0.336 e. The van der Waals surface area contributed by atoms with Crippen molar-refractivity contribution in [2.75, 3.05) is 7.11 Å². The highest BCUT2D eigenvalue weighted by molar-refractivity contribution is 6.16. The first-order valence-electron chi connectivity index (χ1n) is 11.7. The van der Waals surface area contributed by atoms with E-state index in [4.69, 9.17) is 19.6 Å². The lowest BCUT2D eigenvalue weighted by atomic mass is 9.81. The quantitative estimate of drug-likeness (QED) is 0.566. The van der Waals surface area contributed by atoms with E-state index in [0.29, 0.717) is 17.9 Å². The monoisotopic (exact) mass is 491 g/mol. The van der Waals surface area contributed by atoms with Gasteiger partial charge in [-0.15, -0.1) is 0 Å². The first-order chi connectivity index (χ1) is 16.9. The van der Waals surface area contributed by atoms with Crippen molar-refractivity contribution in [3.8, 4) is 23.1 Å². The number of hydrogen-bond acceptors (Lipinski definition) is 6. The maximum atomic E-state index is 12.9. The maximum Gasteiger partial charge on any atom is 0.336 e. The van der Waals surface area contributed by atoms with Crippen LogP contribution in [0.1, 0.15) is 49.9 Å². The van der Waals surface area contributed by atoms with Crippen LogP contribution in [0.4, 0.5) is 0 Å². The second kappa shape index (κ2) is 8.01. The van der Waals surface area contributed by atoms with Crippen molar-refractivity contribution in [2.45, 2.75) is 58.2 Å². The minimum atomic E-state index is -1.17. The first-order valence-corrected chi connectivity index (χ1v) is 11.7. The van der Waals surface area contributed by atoms with Gasteiger partial charge >= 0.3 is 11.7 Å². The van der Waals surface area contributed by atoms with E-state index in [1.807, 2.05) is 26.0 Å². The van der Waals surface area contributed by atoms with Crippen LogP contribution < -0.4 is 15.2 Å². The minimum Gasteiger partial charge on any atom is -0.493 e. The lowest BCUT2D eigenvalue weighted by Gasteiger charge is -2.31. The van der Waals surface area contributed by atoms with Crippen LogP contribution in [0.25, 0.3) is 5.69 Å². The number of hydrogen-bond donors (Lipinski definition) is 2. The molecule has 188 valence electrons. The number of aliphatic imine (C=N–C) groups is 1. The number of ether oxygens (including phenoxy) is 2. The van der Waals surface area contributed by atoms with E-state index >= 15 is 0 Å². The molecule has 2 aliphatic heterocycles. The molecule has 0 amide bonds. The summed E-state index contributed by atoms with van der Waals surface area (Å²) in [7, 11) is 1.64. The van der Waals surface area contributed by atoms with Crippen molar-refractivity contribution >= 4 is 11.7 Å². The van der Waals surface area contributed by atoms with Crippen LogP contribution in [-0.4, -0.2) is 49.3 Å². The van der Waals surface area contributed by atoms with Crippen LogP contribution in [0.3, 0.4) is 0 Å². The minimum absolute atomic E-state index is 0.342. The summed E-state index contributed by atoms with van der Waals surface area (Å²) >= 11 is 0. The lowest BCUT2D eigenvalue weighted by molar-refractivity contribution is -0.137. The van der Waals surface area contributed by atoms with E-state index in [-0.39, 0.29) is 11.4 Å². The van der Waals surface area contributed by atoms with Gasteiger partial charge in [0.05, 0.1) is 30.2 Å². The topological polar surface area (TPSA) is 115 Å². The van der Waals surface area contributed by atoms with Gasteiger partial charge in [-0.25, -0.2) is 9.36 Å². The summed E-state index contributed by atoms with van der Waals surface area (Å²) in [6, 6.07) is 9.21. The van der Waals surface area contributed by atoms with Crippen LogP contribution >= 0.6 is 0 Å². The third-order valence-corrected chi connectivity index (χ3v) is 6.52. The molecule has 1 aromatic heterocycles. The van der Waals surface area contributed by atoms with Crippen LogP contribution in [0.15, 0.2) is 46.3 Å². The number of aliphatic carboxylic acids is 1. The van der Waals surface area contributed by atoms with E-state index in [9.17, 15) is 14.7 Å². The van der Waals surface area contributed by atoms with Gasteiger partial charge in [-0.3, -0.25) is 14.4 Å². The van der Waals surface area contributed by atoms with E-state index in [1.165, 1.54) is 0 Å². The molecule has 36 heavy (non-hydrogen) atoms. The molecule has 0 radical (unpaired) electrons. The van der Waals surface area contributed by atoms with Crippen LogP contribution in [-0.2, 0) is 24.2 Å². The molecule has 0 unspecified atom stereocenters. The van der Waals surface area contributed by atoms with Crippen molar-refractivity contribution in [1.82, 2.24) is 9.13 Å². The largest absolute Gasteiger partial charge is 0.493 e. The highest BCUT2D eigenvalue weighted by Gasteiger charge is 2.39. The Morgan fingerprint density at radius 2 is 1.94 bits per heavy atom. The van der Waals surface area contributed by atoms with Gasteiger partial charge in [0.25, 0.3) is 0 Å². The molecule has 2 aliphatic rings. The summed E-state index contributed by atoms with van der Waals surface area (Å²) in [5, 5.41) is 19.5. The average molecular weight is 492 g/mol. The molecule has 0 saturated carbocycles. The number of methoxy groups -OCH3 is 1. The van der Waals surface area contributed by atoms with Gasteiger partial charge in [0.2, 0.25) is 5.88 Å².